The minimum Gasteiger partial charge on any atom is -0.496 e. The van der Waals surface area contributed by atoms with Crippen LogP contribution < -0.4 is 18.9 Å². The first kappa shape index (κ1) is 17.7. The van der Waals surface area contributed by atoms with Crippen LogP contribution in [0.5, 0.6) is 23.0 Å². The molecule has 3 aliphatic heterocycles. The van der Waals surface area contributed by atoms with Gasteiger partial charge in [-0.25, -0.2) is 0 Å². The molecule has 148 valence electrons. The summed E-state index contributed by atoms with van der Waals surface area (Å²) in [6, 6.07) is 12.4. The van der Waals surface area contributed by atoms with Crippen molar-refractivity contribution >= 4 is 0 Å². The van der Waals surface area contributed by atoms with Crippen LogP contribution in [0.25, 0.3) is 0 Å². The van der Waals surface area contributed by atoms with Crippen molar-refractivity contribution in [1.29, 1.82) is 0 Å². The molecule has 1 fully saturated rings. The Morgan fingerprint density at radius 1 is 1.00 bits per heavy atom. The summed E-state index contributed by atoms with van der Waals surface area (Å²) in [5.74, 6) is 3.71. The summed E-state index contributed by atoms with van der Waals surface area (Å²) in [5.41, 5.74) is 1.94. The van der Waals surface area contributed by atoms with Crippen LogP contribution in [0.4, 0.5) is 0 Å². The summed E-state index contributed by atoms with van der Waals surface area (Å²) in [4.78, 5) is 2.49. The first-order chi connectivity index (χ1) is 13.6. The molecule has 0 radical (unpaired) electrons. The van der Waals surface area contributed by atoms with Crippen LogP contribution in [0.15, 0.2) is 36.4 Å². The minimum atomic E-state index is -0.386. The van der Waals surface area contributed by atoms with Crippen molar-refractivity contribution in [3.8, 4) is 23.0 Å². The molecular weight excluding hydrogens is 354 g/mol. The molecule has 3 atom stereocenters. The lowest BCUT2D eigenvalue weighted by Crippen LogP contribution is -2.57. The molecule has 0 saturated carbocycles. The van der Waals surface area contributed by atoms with Gasteiger partial charge in [-0.3, -0.25) is 4.90 Å². The highest BCUT2D eigenvalue weighted by molar-refractivity contribution is 5.57. The van der Waals surface area contributed by atoms with Crippen molar-refractivity contribution < 1.29 is 18.9 Å². The van der Waals surface area contributed by atoms with Crippen molar-refractivity contribution in [2.75, 3.05) is 27.0 Å². The zero-order valence-corrected chi connectivity index (χ0v) is 16.7. The van der Waals surface area contributed by atoms with Crippen molar-refractivity contribution in [3.63, 3.8) is 0 Å². The lowest BCUT2D eigenvalue weighted by Gasteiger charge is -2.50. The predicted molar refractivity (Wildman–Crippen MR) is 106 cm³/mol. The summed E-state index contributed by atoms with van der Waals surface area (Å²) in [7, 11) is 1.74. The van der Waals surface area contributed by atoms with Gasteiger partial charge in [0.1, 0.15) is 11.5 Å². The molecule has 2 aromatic carbocycles. The highest BCUT2D eigenvalue weighted by Gasteiger charge is 2.50. The average Bonchev–Trinajstić information content (AvgIpc) is 3.39. The molecule has 0 amide bonds. The molecule has 3 heterocycles. The zero-order chi connectivity index (χ0) is 19.3. The van der Waals surface area contributed by atoms with Gasteiger partial charge >= 0.3 is 0 Å². The van der Waals surface area contributed by atoms with Gasteiger partial charge < -0.3 is 18.9 Å². The SMILES string of the molecule is COc1ccccc1C1c2cc3c(cc2OC(C)(N2CCCC2)C1C)OCO3. The Morgan fingerprint density at radius 3 is 2.46 bits per heavy atom. The van der Waals surface area contributed by atoms with Gasteiger partial charge in [-0.05, 0) is 31.9 Å². The van der Waals surface area contributed by atoms with Crippen LogP contribution in [-0.4, -0.2) is 37.6 Å². The molecule has 5 rings (SSSR count). The maximum atomic E-state index is 6.72. The number of fused-ring (bicyclic) bond motifs is 2. The van der Waals surface area contributed by atoms with E-state index < -0.39 is 0 Å². The molecule has 5 nitrogen and oxygen atoms in total. The van der Waals surface area contributed by atoms with E-state index in [9.17, 15) is 0 Å². The van der Waals surface area contributed by atoms with E-state index >= 15 is 0 Å². The number of likely N-dealkylation sites (tertiary alicyclic amines) is 1. The van der Waals surface area contributed by atoms with E-state index in [1.165, 1.54) is 18.4 Å². The molecule has 3 unspecified atom stereocenters. The number of para-hydroxylation sites is 1. The number of hydrogen-bond donors (Lipinski definition) is 0. The molecule has 3 aliphatic rings. The fourth-order valence-corrected chi connectivity index (χ4v) is 5.04. The summed E-state index contributed by atoms with van der Waals surface area (Å²) in [6.45, 7) is 6.93. The second kappa shape index (κ2) is 6.59. The van der Waals surface area contributed by atoms with Crippen LogP contribution in [0.2, 0.25) is 0 Å². The lowest BCUT2D eigenvalue weighted by atomic mass is 9.73. The van der Waals surface area contributed by atoms with Crippen molar-refractivity contribution in [1.82, 2.24) is 4.90 Å². The molecule has 0 aromatic heterocycles. The normalized spacial score (nSPS) is 28.7. The van der Waals surface area contributed by atoms with Gasteiger partial charge in [0.25, 0.3) is 0 Å². The van der Waals surface area contributed by atoms with E-state index in [0.717, 1.165) is 41.7 Å². The van der Waals surface area contributed by atoms with Gasteiger partial charge in [0.05, 0.1) is 7.11 Å². The Labute approximate surface area is 166 Å². The van der Waals surface area contributed by atoms with Crippen molar-refractivity contribution in [2.24, 2.45) is 5.92 Å². The quantitative estimate of drug-likeness (QED) is 0.788. The number of rotatable bonds is 3. The summed E-state index contributed by atoms with van der Waals surface area (Å²) < 4.78 is 23.8. The summed E-state index contributed by atoms with van der Waals surface area (Å²) >= 11 is 0. The molecule has 0 spiro atoms. The standard InChI is InChI=1S/C23H27NO4/c1-15-22(16-8-4-5-9-18(16)25-3)17-12-20-21(27-14-26-20)13-19(17)28-23(15,2)24-10-6-7-11-24/h4-5,8-9,12-13,15,22H,6-7,10-11,14H2,1-3H3. The van der Waals surface area contributed by atoms with E-state index in [1.54, 1.807) is 7.11 Å². The topological polar surface area (TPSA) is 40.2 Å². The highest BCUT2D eigenvalue weighted by Crippen LogP contribution is 2.54. The van der Waals surface area contributed by atoms with Gasteiger partial charge in [0.2, 0.25) is 6.79 Å². The Balaban J connectivity index is 1.69. The van der Waals surface area contributed by atoms with Crippen LogP contribution in [0.1, 0.15) is 43.7 Å². The largest absolute Gasteiger partial charge is 0.496 e. The number of nitrogens with zero attached hydrogens (tertiary/aromatic N) is 1. The molecule has 0 N–H and O–H groups in total. The molecule has 5 heteroatoms. The van der Waals surface area contributed by atoms with E-state index in [0.29, 0.717) is 0 Å². The third kappa shape index (κ3) is 2.56. The zero-order valence-electron chi connectivity index (χ0n) is 16.7. The highest BCUT2D eigenvalue weighted by atomic mass is 16.7. The molecule has 28 heavy (non-hydrogen) atoms. The van der Waals surface area contributed by atoms with E-state index in [-0.39, 0.29) is 24.4 Å². The van der Waals surface area contributed by atoms with E-state index in [1.807, 2.05) is 18.2 Å². The molecule has 2 aromatic rings. The Hall–Kier alpha value is -2.40. The maximum absolute atomic E-state index is 6.72. The second-order valence-corrected chi connectivity index (χ2v) is 8.10. The Kier molecular flexibility index (Phi) is 4.16. The Morgan fingerprint density at radius 2 is 1.71 bits per heavy atom. The first-order valence-electron chi connectivity index (χ1n) is 10.1. The van der Waals surface area contributed by atoms with Crippen LogP contribution in [0, 0.1) is 5.92 Å². The minimum absolute atomic E-state index is 0.139. The third-order valence-electron chi connectivity index (χ3n) is 6.71. The summed E-state index contributed by atoms with van der Waals surface area (Å²) in [5, 5.41) is 0. The van der Waals surface area contributed by atoms with Gasteiger partial charge in [-0.1, -0.05) is 25.1 Å². The Bertz CT molecular complexity index is 892. The van der Waals surface area contributed by atoms with Crippen molar-refractivity contribution in [2.45, 2.75) is 38.3 Å². The summed E-state index contributed by atoms with van der Waals surface area (Å²) in [6.07, 6.45) is 2.44. The fourth-order valence-electron chi connectivity index (χ4n) is 5.04. The monoisotopic (exact) mass is 381 g/mol. The second-order valence-electron chi connectivity index (χ2n) is 8.10. The van der Waals surface area contributed by atoms with E-state index in [2.05, 4.69) is 36.9 Å². The molecular formula is C23H27NO4. The molecule has 0 bridgehead atoms. The van der Waals surface area contributed by atoms with Crippen LogP contribution >= 0.6 is 0 Å². The predicted octanol–water partition coefficient (Wildman–Crippen LogP) is 4.40. The van der Waals surface area contributed by atoms with Crippen molar-refractivity contribution in [3.05, 3.63) is 47.5 Å². The number of benzene rings is 2. The number of ether oxygens (including phenoxy) is 4. The van der Waals surface area contributed by atoms with Gasteiger partial charge in [0, 0.05) is 42.1 Å². The number of methoxy groups -OCH3 is 1. The van der Waals surface area contributed by atoms with Crippen LogP contribution in [-0.2, 0) is 0 Å². The number of hydrogen-bond acceptors (Lipinski definition) is 5. The fraction of sp³-hybridized carbons (Fsp3) is 0.478. The maximum Gasteiger partial charge on any atom is 0.231 e. The molecule has 1 saturated heterocycles. The lowest BCUT2D eigenvalue weighted by molar-refractivity contribution is -0.114. The van der Waals surface area contributed by atoms with Crippen LogP contribution in [0.3, 0.4) is 0 Å². The van der Waals surface area contributed by atoms with Gasteiger partial charge in [-0.15, -0.1) is 0 Å². The third-order valence-corrected chi connectivity index (χ3v) is 6.71. The average molecular weight is 381 g/mol. The smallest absolute Gasteiger partial charge is 0.231 e. The van der Waals surface area contributed by atoms with Gasteiger partial charge in [0.15, 0.2) is 17.2 Å². The van der Waals surface area contributed by atoms with E-state index in [4.69, 9.17) is 18.9 Å². The molecule has 0 aliphatic carbocycles. The first-order valence-corrected chi connectivity index (χ1v) is 10.1. The van der Waals surface area contributed by atoms with Gasteiger partial charge in [-0.2, -0.15) is 0 Å².